The van der Waals surface area contributed by atoms with Crippen LogP contribution in [0.4, 0.5) is 4.79 Å². The number of amides is 3. The van der Waals surface area contributed by atoms with Crippen molar-refractivity contribution in [2.75, 3.05) is 18.9 Å². The van der Waals surface area contributed by atoms with E-state index >= 15 is 0 Å². The van der Waals surface area contributed by atoms with E-state index in [1.54, 1.807) is 41.5 Å². The van der Waals surface area contributed by atoms with Gasteiger partial charge in [-0.2, -0.15) is 0 Å². The van der Waals surface area contributed by atoms with Gasteiger partial charge in [-0.05, 0) is 80.1 Å². The minimum atomic E-state index is -3.36. The number of carbonyl (C=O) groups excluding carboxylic acids is 4. The fraction of sp³-hybridized carbons (Fsp3) is 0.852. The third-order valence-corrected chi connectivity index (χ3v) is 8.31. The third kappa shape index (κ3) is 15.6. The van der Waals surface area contributed by atoms with E-state index in [-0.39, 0.29) is 44.0 Å². The van der Waals surface area contributed by atoms with Crippen molar-refractivity contribution < 1.29 is 43.3 Å². The number of nitrogens with one attached hydrogen (secondary N) is 2. The molecule has 1 fully saturated rings. The van der Waals surface area contributed by atoms with E-state index < -0.39 is 54.5 Å². The average Bonchev–Trinajstić information content (AvgIpc) is 2.79. The summed E-state index contributed by atoms with van der Waals surface area (Å²) < 4.78 is 23.1. The molecule has 0 radical (unpaired) electrons. The molecule has 1 aliphatic rings. The zero-order chi connectivity index (χ0) is 30.7. The fourth-order valence-electron chi connectivity index (χ4n) is 4.34. The molecule has 0 aromatic rings. The summed E-state index contributed by atoms with van der Waals surface area (Å²) in [5, 5.41) is 15.5. The van der Waals surface area contributed by atoms with E-state index in [1.165, 1.54) is 6.92 Å². The van der Waals surface area contributed by atoms with Crippen LogP contribution in [0.1, 0.15) is 99.8 Å². The molecule has 0 aromatic heterocycles. The van der Waals surface area contributed by atoms with E-state index in [0.29, 0.717) is 5.06 Å². The van der Waals surface area contributed by atoms with E-state index in [1.807, 2.05) is 0 Å². The van der Waals surface area contributed by atoms with Crippen molar-refractivity contribution in [3.63, 3.8) is 0 Å². The van der Waals surface area contributed by atoms with Gasteiger partial charge in [0.15, 0.2) is 0 Å². The largest absolute Gasteiger partial charge is 0.458 e. The summed E-state index contributed by atoms with van der Waals surface area (Å²) in [6.45, 7) is 11.3. The van der Waals surface area contributed by atoms with Crippen molar-refractivity contribution in [3.05, 3.63) is 0 Å². The Bertz CT molecular complexity index is 908. The van der Waals surface area contributed by atoms with Crippen molar-refractivity contribution in [2.45, 2.75) is 123 Å². The quantitative estimate of drug-likeness (QED) is 0.107. The van der Waals surface area contributed by atoms with Crippen molar-refractivity contribution in [1.82, 2.24) is 15.7 Å². The maximum atomic E-state index is 12.9. The molecule has 40 heavy (non-hydrogen) atoms. The predicted molar refractivity (Wildman–Crippen MR) is 150 cm³/mol. The van der Waals surface area contributed by atoms with Crippen LogP contribution in [0, 0.1) is 5.92 Å². The number of rotatable bonds is 13. The first-order chi connectivity index (χ1) is 18.3. The highest BCUT2D eigenvalue weighted by molar-refractivity contribution is 7.58. The lowest BCUT2D eigenvalue weighted by Crippen LogP contribution is -2.52. The molecule has 12 nitrogen and oxygen atoms in total. The van der Waals surface area contributed by atoms with Gasteiger partial charge in [0.1, 0.15) is 23.3 Å². The number of carbonyl (C=O) groups is 4. The second-order valence-corrected chi connectivity index (χ2v) is 15.1. The maximum absolute atomic E-state index is 12.9. The molecule has 232 valence electrons. The molecule has 3 atom stereocenters. The molecule has 0 aromatic carbocycles. The zero-order valence-electron chi connectivity index (χ0n) is 25.2. The Morgan fingerprint density at radius 2 is 1.55 bits per heavy atom. The van der Waals surface area contributed by atoms with E-state index in [4.69, 9.17) is 9.47 Å². The molecular weight excluding hydrogens is 541 g/mol. The van der Waals surface area contributed by atoms with Crippen LogP contribution in [0.15, 0.2) is 0 Å². The van der Waals surface area contributed by atoms with Gasteiger partial charge >= 0.3 is 12.1 Å². The second kappa shape index (κ2) is 15.7. The van der Waals surface area contributed by atoms with Gasteiger partial charge in [-0.3, -0.25) is 19.4 Å². The third-order valence-electron chi connectivity index (χ3n) is 6.21. The van der Waals surface area contributed by atoms with Crippen molar-refractivity contribution >= 4 is 31.2 Å². The molecule has 0 spiro atoms. The van der Waals surface area contributed by atoms with Crippen LogP contribution in [-0.4, -0.2) is 81.2 Å². The molecule has 0 aliphatic heterocycles. The van der Waals surface area contributed by atoms with Crippen molar-refractivity contribution in [2.24, 2.45) is 5.92 Å². The average molecular weight is 592 g/mol. The predicted octanol–water partition coefficient (Wildman–Crippen LogP) is 3.96. The van der Waals surface area contributed by atoms with Gasteiger partial charge in [-0.1, -0.05) is 19.3 Å². The molecule has 3 unspecified atom stereocenters. The molecule has 4 N–H and O–H groups in total. The van der Waals surface area contributed by atoms with Crippen LogP contribution >= 0.6 is 7.37 Å². The smallest absolute Gasteiger partial charge is 0.408 e. The number of nitrogens with zero attached hydrogens (tertiary/aromatic N) is 1. The van der Waals surface area contributed by atoms with E-state index in [0.717, 1.165) is 32.1 Å². The molecule has 0 bridgehead atoms. The first kappa shape index (κ1) is 35.9. The normalized spacial score (nSPS) is 17.6. The van der Waals surface area contributed by atoms with Crippen LogP contribution in [0.3, 0.4) is 0 Å². The Labute approximate surface area is 238 Å². The first-order valence-corrected chi connectivity index (χ1v) is 16.1. The Morgan fingerprint density at radius 1 is 0.975 bits per heavy atom. The van der Waals surface area contributed by atoms with Gasteiger partial charge in [0, 0.05) is 25.3 Å². The number of hydrogen-bond acceptors (Lipinski definition) is 8. The second-order valence-electron chi connectivity index (χ2n) is 12.6. The summed E-state index contributed by atoms with van der Waals surface area (Å²) in [5.41, 5.74) is -1.60. The molecule has 0 heterocycles. The first-order valence-electron chi connectivity index (χ1n) is 14.1. The van der Waals surface area contributed by atoms with Gasteiger partial charge in [0.25, 0.3) is 0 Å². The molecule has 3 amide bonds. The number of ether oxygens (including phenoxy) is 2. The molecule has 1 rings (SSSR count). The van der Waals surface area contributed by atoms with Gasteiger partial charge in [-0.15, -0.1) is 0 Å². The molecule has 13 heteroatoms. The van der Waals surface area contributed by atoms with Crippen LogP contribution in [0.25, 0.3) is 0 Å². The summed E-state index contributed by atoms with van der Waals surface area (Å²) in [6.07, 6.45) is 4.24. The van der Waals surface area contributed by atoms with Crippen molar-refractivity contribution in [1.29, 1.82) is 0 Å². The Kier molecular flexibility index (Phi) is 14.1. The fourth-order valence-corrected chi connectivity index (χ4v) is 6.33. The van der Waals surface area contributed by atoms with E-state index in [9.17, 15) is 33.8 Å². The molecule has 1 saturated carbocycles. The van der Waals surface area contributed by atoms with Gasteiger partial charge < -0.3 is 25.0 Å². The standard InChI is InChI=1S/C27H50N3O9P/c1-19(24(33)38-26(2,3)4)28-23(32)21(29-25(34)39-27(5,6)7)14-15-22(31)30(35)16-11-17-40(36,37)18-20-12-9-8-10-13-20/h19-21,35H,8-18H2,1-7H3,(H,28,32)(H,29,34)(H,36,37). The monoisotopic (exact) mass is 591 g/mol. The number of esters is 1. The highest BCUT2D eigenvalue weighted by Gasteiger charge is 2.30. The van der Waals surface area contributed by atoms with Gasteiger partial charge in [0.05, 0.1) is 0 Å². The Hall–Kier alpha value is -2.17. The SMILES string of the molecule is CC(NC(=O)C(CCC(=O)N(O)CCCP(=O)(O)CC1CCCCC1)NC(=O)OC(C)(C)C)C(=O)OC(C)(C)C. The lowest BCUT2D eigenvalue weighted by molar-refractivity contribution is -0.165. The van der Waals surface area contributed by atoms with Crippen LogP contribution in [0.2, 0.25) is 0 Å². The van der Waals surface area contributed by atoms with Crippen LogP contribution in [-0.2, 0) is 28.4 Å². The Balaban J connectivity index is 2.69. The summed E-state index contributed by atoms with van der Waals surface area (Å²) in [5.74, 6) is -1.87. The zero-order valence-corrected chi connectivity index (χ0v) is 26.1. The maximum Gasteiger partial charge on any atom is 0.408 e. The van der Waals surface area contributed by atoms with E-state index in [2.05, 4.69) is 10.6 Å². The Morgan fingerprint density at radius 3 is 2.10 bits per heavy atom. The number of hydroxylamine groups is 2. The molecule has 1 aliphatic carbocycles. The summed E-state index contributed by atoms with van der Waals surface area (Å²) in [7, 11) is -3.36. The summed E-state index contributed by atoms with van der Waals surface area (Å²) in [4.78, 5) is 60.4. The number of hydrogen-bond donors (Lipinski definition) is 4. The minimum Gasteiger partial charge on any atom is -0.458 e. The molecular formula is C27H50N3O9P. The van der Waals surface area contributed by atoms with Crippen LogP contribution in [0.5, 0.6) is 0 Å². The lowest BCUT2D eigenvalue weighted by atomic mass is 9.91. The van der Waals surface area contributed by atoms with Crippen LogP contribution < -0.4 is 10.6 Å². The summed E-state index contributed by atoms with van der Waals surface area (Å²) in [6, 6.07) is -2.27. The lowest BCUT2D eigenvalue weighted by Gasteiger charge is -2.26. The highest BCUT2D eigenvalue weighted by Crippen LogP contribution is 2.45. The molecule has 0 saturated heterocycles. The van der Waals surface area contributed by atoms with Gasteiger partial charge in [0.2, 0.25) is 19.2 Å². The topological polar surface area (TPSA) is 172 Å². The summed E-state index contributed by atoms with van der Waals surface area (Å²) >= 11 is 0. The highest BCUT2D eigenvalue weighted by atomic mass is 31.2. The minimum absolute atomic E-state index is 0.00161. The number of alkyl carbamates (subject to hydrolysis) is 1. The van der Waals surface area contributed by atoms with Crippen molar-refractivity contribution in [3.8, 4) is 0 Å². The van der Waals surface area contributed by atoms with Gasteiger partial charge in [-0.25, -0.2) is 14.7 Å².